The highest BCUT2D eigenvalue weighted by Gasteiger charge is 2.46. The molecule has 1 aromatic heterocycles. The van der Waals surface area contributed by atoms with Gasteiger partial charge in [0.1, 0.15) is 17.5 Å². The first-order valence-electron chi connectivity index (χ1n) is 5.83. The van der Waals surface area contributed by atoms with Crippen molar-refractivity contribution in [2.45, 2.75) is 46.6 Å². The molecule has 4 heteroatoms. The van der Waals surface area contributed by atoms with Crippen LogP contribution in [0.2, 0.25) is 0 Å². The molecular weight excluding hydrogens is 200 g/mol. The molecule has 0 aromatic carbocycles. The van der Waals surface area contributed by atoms with Gasteiger partial charge in [0.2, 0.25) is 0 Å². The SMILES string of the molecule is CCc1nc(N)c(C)c(NC2CC2(C)C)n1. The summed E-state index contributed by atoms with van der Waals surface area (Å²) in [5.41, 5.74) is 7.22. The normalized spacial score (nSPS) is 21.9. The molecule has 1 unspecified atom stereocenters. The Hall–Kier alpha value is -1.32. The van der Waals surface area contributed by atoms with Gasteiger partial charge in [0.15, 0.2) is 0 Å². The number of aryl methyl sites for hydroxylation is 1. The van der Waals surface area contributed by atoms with Crippen molar-refractivity contribution in [1.29, 1.82) is 0 Å². The number of hydrogen-bond acceptors (Lipinski definition) is 4. The zero-order chi connectivity index (χ0) is 11.9. The number of nitrogens with two attached hydrogens (primary N) is 1. The molecule has 1 saturated carbocycles. The molecule has 0 amide bonds. The fourth-order valence-corrected chi connectivity index (χ4v) is 1.76. The Morgan fingerprint density at radius 1 is 1.44 bits per heavy atom. The number of aromatic nitrogens is 2. The molecular formula is C12H20N4. The lowest BCUT2D eigenvalue weighted by Crippen LogP contribution is -2.13. The summed E-state index contributed by atoms with van der Waals surface area (Å²) in [6.07, 6.45) is 2.00. The Bertz CT molecular complexity index is 412. The Morgan fingerprint density at radius 3 is 2.56 bits per heavy atom. The zero-order valence-electron chi connectivity index (χ0n) is 10.5. The topological polar surface area (TPSA) is 63.8 Å². The maximum Gasteiger partial charge on any atom is 0.135 e. The van der Waals surface area contributed by atoms with Gasteiger partial charge in [-0.1, -0.05) is 20.8 Å². The smallest absolute Gasteiger partial charge is 0.135 e. The fraction of sp³-hybridized carbons (Fsp3) is 0.667. The Kier molecular flexibility index (Phi) is 2.52. The molecule has 0 aliphatic heterocycles. The molecule has 16 heavy (non-hydrogen) atoms. The van der Waals surface area contributed by atoms with E-state index < -0.39 is 0 Å². The predicted octanol–water partition coefficient (Wildman–Crippen LogP) is 2.14. The second-order valence-electron chi connectivity index (χ2n) is 5.24. The van der Waals surface area contributed by atoms with Crippen LogP contribution in [0.15, 0.2) is 0 Å². The van der Waals surface area contributed by atoms with Gasteiger partial charge < -0.3 is 11.1 Å². The van der Waals surface area contributed by atoms with Crippen LogP contribution in [0, 0.1) is 12.3 Å². The third-order valence-electron chi connectivity index (χ3n) is 3.37. The van der Waals surface area contributed by atoms with Crippen LogP contribution in [0.5, 0.6) is 0 Å². The highest BCUT2D eigenvalue weighted by molar-refractivity contribution is 5.56. The molecule has 1 aromatic rings. The molecule has 2 rings (SSSR count). The van der Waals surface area contributed by atoms with Gasteiger partial charge in [-0.25, -0.2) is 9.97 Å². The average molecular weight is 220 g/mol. The summed E-state index contributed by atoms with van der Waals surface area (Å²) in [4.78, 5) is 8.74. The summed E-state index contributed by atoms with van der Waals surface area (Å²) in [5.74, 6) is 2.30. The number of nitrogen functional groups attached to an aromatic ring is 1. The molecule has 4 nitrogen and oxygen atoms in total. The van der Waals surface area contributed by atoms with Crippen molar-refractivity contribution >= 4 is 11.6 Å². The van der Waals surface area contributed by atoms with Crippen LogP contribution < -0.4 is 11.1 Å². The lowest BCUT2D eigenvalue weighted by Gasteiger charge is -2.12. The van der Waals surface area contributed by atoms with E-state index in [1.54, 1.807) is 0 Å². The quantitative estimate of drug-likeness (QED) is 0.819. The van der Waals surface area contributed by atoms with Crippen molar-refractivity contribution in [2.75, 3.05) is 11.1 Å². The second-order valence-corrected chi connectivity index (χ2v) is 5.24. The van der Waals surface area contributed by atoms with Gasteiger partial charge in [0, 0.05) is 18.0 Å². The van der Waals surface area contributed by atoms with Gasteiger partial charge in [0.05, 0.1) is 0 Å². The summed E-state index contributed by atoms with van der Waals surface area (Å²) in [6.45, 7) is 8.51. The minimum Gasteiger partial charge on any atom is -0.383 e. The standard InChI is InChI=1S/C12H20N4/c1-5-9-15-10(13)7(2)11(16-9)14-8-6-12(8,3)4/h8H,5-6H2,1-4H3,(H3,13,14,15,16). The van der Waals surface area contributed by atoms with Crippen molar-refractivity contribution in [3.63, 3.8) is 0 Å². The summed E-state index contributed by atoms with van der Waals surface area (Å²) < 4.78 is 0. The van der Waals surface area contributed by atoms with Gasteiger partial charge in [0.25, 0.3) is 0 Å². The van der Waals surface area contributed by atoms with Crippen LogP contribution >= 0.6 is 0 Å². The van der Waals surface area contributed by atoms with E-state index in [4.69, 9.17) is 5.73 Å². The van der Waals surface area contributed by atoms with Crippen LogP contribution in [-0.2, 0) is 6.42 Å². The summed E-state index contributed by atoms with van der Waals surface area (Å²) in [5, 5.41) is 3.46. The van der Waals surface area contributed by atoms with E-state index in [1.807, 2.05) is 13.8 Å². The van der Waals surface area contributed by atoms with E-state index in [1.165, 1.54) is 6.42 Å². The highest BCUT2D eigenvalue weighted by Crippen LogP contribution is 2.46. The maximum absolute atomic E-state index is 5.87. The largest absolute Gasteiger partial charge is 0.383 e. The first-order valence-corrected chi connectivity index (χ1v) is 5.83. The van der Waals surface area contributed by atoms with Gasteiger partial charge in [-0.3, -0.25) is 0 Å². The molecule has 1 aliphatic carbocycles. The Labute approximate surface area is 96.7 Å². The lowest BCUT2D eigenvalue weighted by molar-refractivity contribution is 0.629. The van der Waals surface area contributed by atoms with Crippen LogP contribution in [0.3, 0.4) is 0 Å². The van der Waals surface area contributed by atoms with Gasteiger partial charge in [-0.05, 0) is 18.8 Å². The molecule has 0 radical (unpaired) electrons. The van der Waals surface area contributed by atoms with Crippen LogP contribution in [-0.4, -0.2) is 16.0 Å². The molecule has 0 spiro atoms. The van der Waals surface area contributed by atoms with Crippen molar-refractivity contribution in [1.82, 2.24) is 9.97 Å². The summed E-state index contributed by atoms with van der Waals surface area (Å²) in [6, 6.07) is 0.519. The highest BCUT2D eigenvalue weighted by atomic mass is 15.1. The van der Waals surface area contributed by atoms with Crippen LogP contribution in [0.25, 0.3) is 0 Å². The van der Waals surface area contributed by atoms with Crippen LogP contribution in [0.4, 0.5) is 11.6 Å². The number of hydrogen-bond donors (Lipinski definition) is 2. The molecule has 1 atom stereocenters. The Balaban J connectivity index is 2.23. The molecule has 3 N–H and O–H groups in total. The summed E-state index contributed by atoms with van der Waals surface area (Å²) in [7, 11) is 0. The first-order chi connectivity index (χ1) is 7.44. The minimum absolute atomic E-state index is 0.387. The van der Waals surface area contributed by atoms with E-state index in [0.717, 1.165) is 23.6 Å². The van der Waals surface area contributed by atoms with E-state index >= 15 is 0 Å². The van der Waals surface area contributed by atoms with E-state index in [2.05, 4.69) is 29.1 Å². The molecule has 1 heterocycles. The molecule has 88 valence electrons. The second kappa shape index (κ2) is 3.61. The predicted molar refractivity (Wildman–Crippen MR) is 66.4 cm³/mol. The third-order valence-corrected chi connectivity index (χ3v) is 3.37. The van der Waals surface area contributed by atoms with Crippen molar-refractivity contribution < 1.29 is 0 Å². The van der Waals surface area contributed by atoms with Crippen molar-refractivity contribution in [3.05, 3.63) is 11.4 Å². The first kappa shape index (κ1) is 11.2. The summed E-state index contributed by atoms with van der Waals surface area (Å²) >= 11 is 0. The maximum atomic E-state index is 5.87. The number of anilines is 2. The van der Waals surface area contributed by atoms with Gasteiger partial charge in [-0.2, -0.15) is 0 Å². The van der Waals surface area contributed by atoms with E-state index in [0.29, 0.717) is 17.3 Å². The number of rotatable bonds is 3. The molecule has 0 bridgehead atoms. The fourth-order valence-electron chi connectivity index (χ4n) is 1.76. The Morgan fingerprint density at radius 2 is 2.06 bits per heavy atom. The number of nitrogens with one attached hydrogen (secondary N) is 1. The monoisotopic (exact) mass is 220 g/mol. The lowest BCUT2D eigenvalue weighted by atomic mass is 10.2. The minimum atomic E-state index is 0.387. The van der Waals surface area contributed by atoms with Gasteiger partial charge >= 0.3 is 0 Å². The van der Waals surface area contributed by atoms with Crippen molar-refractivity contribution in [3.8, 4) is 0 Å². The van der Waals surface area contributed by atoms with Gasteiger partial charge in [-0.15, -0.1) is 0 Å². The van der Waals surface area contributed by atoms with Crippen molar-refractivity contribution in [2.24, 2.45) is 5.41 Å². The zero-order valence-corrected chi connectivity index (χ0v) is 10.5. The van der Waals surface area contributed by atoms with E-state index in [9.17, 15) is 0 Å². The molecule has 0 saturated heterocycles. The third kappa shape index (κ3) is 1.96. The molecule has 1 fully saturated rings. The van der Waals surface area contributed by atoms with Crippen LogP contribution in [0.1, 0.15) is 38.6 Å². The average Bonchev–Trinajstić information content (AvgIpc) is 2.81. The van der Waals surface area contributed by atoms with E-state index in [-0.39, 0.29) is 0 Å². The number of nitrogens with zero attached hydrogens (tertiary/aromatic N) is 2. The molecule has 1 aliphatic rings.